The second-order valence-corrected chi connectivity index (χ2v) is 6.90. The SMILES string of the molecule is CCOc1ccc(C(=O)Oc2ccc(/C=N/NC(=O)c3ccc(Cl)cc3)cc2OC)cc1. The summed E-state index contributed by atoms with van der Waals surface area (Å²) in [5, 5.41) is 4.49. The lowest BCUT2D eigenvalue weighted by Gasteiger charge is -2.10. The molecule has 1 amide bonds. The molecule has 0 unspecified atom stereocenters. The lowest BCUT2D eigenvalue weighted by molar-refractivity contribution is 0.0729. The lowest BCUT2D eigenvalue weighted by Crippen LogP contribution is -2.17. The first-order chi connectivity index (χ1) is 15.5. The third-order valence-electron chi connectivity index (χ3n) is 4.28. The molecule has 0 aliphatic carbocycles. The Morgan fingerprint density at radius 2 is 1.66 bits per heavy atom. The first-order valence-corrected chi connectivity index (χ1v) is 10.1. The lowest BCUT2D eigenvalue weighted by atomic mass is 10.2. The van der Waals surface area contributed by atoms with Gasteiger partial charge in [0, 0.05) is 10.6 Å². The highest BCUT2D eigenvalue weighted by Gasteiger charge is 2.13. The highest BCUT2D eigenvalue weighted by molar-refractivity contribution is 6.30. The Morgan fingerprint density at radius 1 is 0.969 bits per heavy atom. The van der Waals surface area contributed by atoms with E-state index in [4.69, 9.17) is 25.8 Å². The molecule has 8 heteroatoms. The number of rotatable bonds is 8. The molecule has 3 rings (SSSR count). The van der Waals surface area contributed by atoms with E-state index in [-0.39, 0.29) is 11.7 Å². The minimum Gasteiger partial charge on any atom is -0.494 e. The summed E-state index contributed by atoms with van der Waals surface area (Å²) in [6.45, 7) is 2.43. The maximum Gasteiger partial charge on any atom is 0.343 e. The smallest absolute Gasteiger partial charge is 0.343 e. The molecule has 0 fully saturated rings. The van der Waals surface area contributed by atoms with Gasteiger partial charge in [-0.3, -0.25) is 4.79 Å². The van der Waals surface area contributed by atoms with Crippen LogP contribution in [0.15, 0.2) is 71.8 Å². The molecule has 0 bridgehead atoms. The Balaban J connectivity index is 1.64. The number of nitrogens with one attached hydrogen (secondary N) is 1. The number of methoxy groups -OCH3 is 1. The van der Waals surface area contributed by atoms with E-state index in [1.165, 1.54) is 13.3 Å². The maximum absolute atomic E-state index is 12.4. The molecule has 0 saturated carbocycles. The number of halogens is 1. The van der Waals surface area contributed by atoms with Gasteiger partial charge in [0.15, 0.2) is 11.5 Å². The molecule has 1 N–H and O–H groups in total. The van der Waals surface area contributed by atoms with E-state index < -0.39 is 5.97 Å². The van der Waals surface area contributed by atoms with Crippen molar-refractivity contribution in [2.24, 2.45) is 5.10 Å². The molecule has 3 aromatic rings. The zero-order chi connectivity index (χ0) is 22.9. The Labute approximate surface area is 190 Å². The fourth-order valence-electron chi connectivity index (χ4n) is 2.69. The minimum atomic E-state index is -0.525. The predicted molar refractivity (Wildman–Crippen MR) is 122 cm³/mol. The molecule has 7 nitrogen and oxygen atoms in total. The van der Waals surface area contributed by atoms with Crippen LogP contribution in [0, 0.1) is 0 Å². The number of nitrogens with zero attached hydrogens (tertiary/aromatic N) is 1. The summed E-state index contributed by atoms with van der Waals surface area (Å²) in [6, 6.07) is 18.0. The highest BCUT2D eigenvalue weighted by Crippen LogP contribution is 2.28. The number of ether oxygens (including phenoxy) is 3. The standard InChI is InChI=1S/C24H21ClN2O5/c1-3-31-20-11-7-18(8-12-20)24(29)32-21-13-4-16(14-22(21)30-2)15-26-27-23(28)17-5-9-19(25)10-6-17/h4-15H,3H2,1-2H3,(H,27,28)/b26-15+. The largest absolute Gasteiger partial charge is 0.494 e. The second-order valence-electron chi connectivity index (χ2n) is 6.46. The fraction of sp³-hybridized carbons (Fsp3) is 0.125. The van der Waals surface area contributed by atoms with Crippen LogP contribution in [0.1, 0.15) is 33.2 Å². The van der Waals surface area contributed by atoms with Gasteiger partial charge >= 0.3 is 5.97 Å². The van der Waals surface area contributed by atoms with Crippen molar-refractivity contribution in [2.75, 3.05) is 13.7 Å². The third-order valence-corrected chi connectivity index (χ3v) is 4.53. The van der Waals surface area contributed by atoms with Gasteiger partial charge in [0.25, 0.3) is 5.91 Å². The summed E-state index contributed by atoms with van der Waals surface area (Å²) in [6.07, 6.45) is 1.45. The zero-order valence-electron chi connectivity index (χ0n) is 17.5. The second kappa shape index (κ2) is 11.0. The number of hydrogen-bond donors (Lipinski definition) is 1. The number of hydrazone groups is 1. The topological polar surface area (TPSA) is 86.2 Å². The highest BCUT2D eigenvalue weighted by atomic mass is 35.5. The van der Waals surface area contributed by atoms with E-state index in [1.807, 2.05) is 6.92 Å². The van der Waals surface area contributed by atoms with Crippen molar-refractivity contribution in [1.29, 1.82) is 0 Å². The zero-order valence-corrected chi connectivity index (χ0v) is 18.3. The molecule has 164 valence electrons. The molecular weight excluding hydrogens is 432 g/mol. The van der Waals surface area contributed by atoms with Crippen LogP contribution in [0.3, 0.4) is 0 Å². The number of amides is 1. The maximum atomic E-state index is 12.4. The van der Waals surface area contributed by atoms with E-state index in [9.17, 15) is 9.59 Å². The van der Waals surface area contributed by atoms with Gasteiger partial charge in [-0.15, -0.1) is 0 Å². The molecule has 32 heavy (non-hydrogen) atoms. The van der Waals surface area contributed by atoms with Gasteiger partial charge in [0.05, 0.1) is 25.5 Å². The Hall–Kier alpha value is -3.84. The van der Waals surface area contributed by atoms with Gasteiger partial charge in [-0.05, 0) is 79.2 Å². The van der Waals surface area contributed by atoms with E-state index in [0.29, 0.717) is 39.8 Å². The monoisotopic (exact) mass is 452 g/mol. The quantitative estimate of drug-likeness (QED) is 0.231. The summed E-state index contributed by atoms with van der Waals surface area (Å²) in [5.41, 5.74) is 3.89. The van der Waals surface area contributed by atoms with Crippen LogP contribution in [0.5, 0.6) is 17.2 Å². The predicted octanol–water partition coefficient (Wildman–Crippen LogP) is 4.73. The number of benzene rings is 3. The summed E-state index contributed by atoms with van der Waals surface area (Å²) < 4.78 is 16.2. The Kier molecular flexibility index (Phi) is 7.83. The molecule has 0 aliphatic rings. The average molecular weight is 453 g/mol. The van der Waals surface area contributed by atoms with Crippen molar-refractivity contribution >= 4 is 29.7 Å². The molecule has 0 heterocycles. The van der Waals surface area contributed by atoms with Gasteiger partial charge in [0.2, 0.25) is 0 Å². The molecule has 0 atom stereocenters. The van der Waals surface area contributed by atoms with Crippen LogP contribution < -0.4 is 19.6 Å². The molecule has 3 aromatic carbocycles. The summed E-state index contributed by atoms with van der Waals surface area (Å²) >= 11 is 5.82. The number of carbonyl (C=O) groups excluding carboxylic acids is 2. The summed E-state index contributed by atoms with van der Waals surface area (Å²) in [7, 11) is 1.47. The number of carbonyl (C=O) groups is 2. The first-order valence-electron chi connectivity index (χ1n) is 9.72. The van der Waals surface area contributed by atoms with Crippen molar-refractivity contribution in [1.82, 2.24) is 5.43 Å². The van der Waals surface area contributed by atoms with Gasteiger partial charge in [-0.2, -0.15) is 5.10 Å². The van der Waals surface area contributed by atoms with Gasteiger partial charge < -0.3 is 14.2 Å². The summed E-state index contributed by atoms with van der Waals surface area (Å²) in [4.78, 5) is 24.5. The number of esters is 1. The van der Waals surface area contributed by atoms with Gasteiger partial charge in [-0.1, -0.05) is 11.6 Å². The number of hydrogen-bond acceptors (Lipinski definition) is 6. The Bertz CT molecular complexity index is 1110. The van der Waals surface area contributed by atoms with Crippen molar-refractivity contribution in [3.8, 4) is 17.2 Å². The molecule has 0 spiro atoms. The van der Waals surface area contributed by atoms with Crippen molar-refractivity contribution < 1.29 is 23.8 Å². The molecule has 0 saturated heterocycles. The molecular formula is C24H21ClN2O5. The van der Waals surface area contributed by atoms with Crippen molar-refractivity contribution in [3.63, 3.8) is 0 Å². The average Bonchev–Trinajstić information content (AvgIpc) is 2.81. The van der Waals surface area contributed by atoms with Crippen LogP contribution in [0.25, 0.3) is 0 Å². The van der Waals surface area contributed by atoms with Crippen LogP contribution in [0.2, 0.25) is 5.02 Å². The van der Waals surface area contributed by atoms with Crippen LogP contribution in [0.4, 0.5) is 0 Å². The normalized spacial score (nSPS) is 10.6. The fourth-order valence-corrected chi connectivity index (χ4v) is 2.82. The van der Waals surface area contributed by atoms with Crippen molar-refractivity contribution in [3.05, 3.63) is 88.4 Å². The van der Waals surface area contributed by atoms with E-state index in [2.05, 4.69) is 10.5 Å². The van der Waals surface area contributed by atoms with Gasteiger partial charge in [0.1, 0.15) is 5.75 Å². The molecule has 0 aliphatic heterocycles. The van der Waals surface area contributed by atoms with Crippen LogP contribution >= 0.6 is 11.6 Å². The van der Waals surface area contributed by atoms with Gasteiger partial charge in [-0.25, -0.2) is 10.2 Å². The third kappa shape index (κ3) is 6.09. The van der Waals surface area contributed by atoms with E-state index in [0.717, 1.165) is 0 Å². The first kappa shape index (κ1) is 22.8. The molecule has 0 radical (unpaired) electrons. The van der Waals surface area contributed by atoms with Crippen molar-refractivity contribution in [2.45, 2.75) is 6.92 Å². The van der Waals surface area contributed by atoms with Crippen LogP contribution in [-0.4, -0.2) is 31.8 Å². The minimum absolute atomic E-state index is 0.258. The summed E-state index contributed by atoms with van der Waals surface area (Å²) in [5.74, 6) is 0.383. The van der Waals surface area contributed by atoms with E-state index in [1.54, 1.807) is 66.7 Å². The molecule has 0 aromatic heterocycles. The Morgan fingerprint density at radius 3 is 2.31 bits per heavy atom. The van der Waals surface area contributed by atoms with E-state index >= 15 is 0 Å². The van der Waals surface area contributed by atoms with Crippen LogP contribution in [-0.2, 0) is 0 Å².